The molecule has 0 aliphatic carbocycles. The van der Waals surface area contributed by atoms with E-state index >= 15 is 0 Å². The molecule has 1 unspecified atom stereocenters. The molecule has 0 N–H and O–H groups in total. The first-order chi connectivity index (χ1) is 10.2. The average Bonchev–Trinajstić information content (AvgIpc) is 3.06. The SMILES string of the molecule is CC(Cn1cccn1)n1c(CCCl)nc2ccc(Cl)cc21. The van der Waals surface area contributed by atoms with Crippen LogP contribution in [0.4, 0.5) is 0 Å². The molecule has 0 aliphatic heterocycles. The van der Waals surface area contributed by atoms with Gasteiger partial charge in [-0.2, -0.15) is 5.10 Å². The maximum atomic E-state index is 6.14. The summed E-state index contributed by atoms with van der Waals surface area (Å²) in [5.41, 5.74) is 1.99. The van der Waals surface area contributed by atoms with Crippen molar-refractivity contribution in [3.05, 3.63) is 47.5 Å². The Hall–Kier alpha value is -1.52. The van der Waals surface area contributed by atoms with Gasteiger partial charge in [0, 0.05) is 29.7 Å². The van der Waals surface area contributed by atoms with Gasteiger partial charge in [0.15, 0.2) is 0 Å². The van der Waals surface area contributed by atoms with Gasteiger partial charge in [-0.1, -0.05) is 11.6 Å². The van der Waals surface area contributed by atoms with Crippen molar-refractivity contribution in [3.63, 3.8) is 0 Å². The largest absolute Gasteiger partial charge is 0.323 e. The van der Waals surface area contributed by atoms with Gasteiger partial charge in [0.05, 0.1) is 23.6 Å². The number of imidazole rings is 1. The zero-order valence-electron chi connectivity index (χ0n) is 11.7. The van der Waals surface area contributed by atoms with Crippen molar-refractivity contribution < 1.29 is 0 Å². The molecule has 1 aromatic carbocycles. The lowest BCUT2D eigenvalue weighted by Gasteiger charge is -2.17. The number of hydrogen-bond acceptors (Lipinski definition) is 2. The Morgan fingerprint density at radius 3 is 2.90 bits per heavy atom. The third-order valence-corrected chi connectivity index (χ3v) is 3.92. The molecule has 0 radical (unpaired) electrons. The second-order valence-corrected chi connectivity index (χ2v) is 5.86. The summed E-state index contributed by atoms with van der Waals surface area (Å²) in [4.78, 5) is 4.68. The predicted octanol–water partition coefficient (Wildman–Crippen LogP) is 3.93. The third kappa shape index (κ3) is 2.92. The fourth-order valence-corrected chi connectivity index (χ4v) is 2.96. The first kappa shape index (κ1) is 14.4. The lowest BCUT2D eigenvalue weighted by atomic mass is 10.2. The topological polar surface area (TPSA) is 35.6 Å². The molecule has 3 rings (SSSR count). The van der Waals surface area contributed by atoms with Gasteiger partial charge in [-0.3, -0.25) is 4.68 Å². The predicted molar refractivity (Wildman–Crippen MR) is 86.1 cm³/mol. The molecule has 2 aromatic heterocycles. The molecule has 0 saturated heterocycles. The molecule has 0 spiro atoms. The number of benzene rings is 1. The lowest BCUT2D eigenvalue weighted by molar-refractivity contribution is 0.435. The summed E-state index contributed by atoms with van der Waals surface area (Å²) in [5.74, 6) is 1.54. The summed E-state index contributed by atoms with van der Waals surface area (Å²) in [7, 11) is 0. The maximum absolute atomic E-state index is 6.14. The number of hydrogen-bond donors (Lipinski definition) is 0. The molecule has 0 fully saturated rings. The van der Waals surface area contributed by atoms with Crippen molar-refractivity contribution in [2.24, 2.45) is 0 Å². The van der Waals surface area contributed by atoms with E-state index in [1.165, 1.54) is 0 Å². The van der Waals surface area contributed by atoms with Crippen LogP contribution in [0.3, 0.4) is 0 Å². The Balaban J connectivity index is 2.05. The van der Waals surface area contributed by atoms with Crippen LogP contribution < -0.4 is 0 Å². The van der Waals surface area contributed by atoms with Crippen LogP contribution in [0.25, 0.3) is 11.0 Å². The highest BCUT2D eigenvalue weighted by atomic mass is 35.5. The van der Waals surface area contributed by atoms with Crippen LogP contribution in [0.15, 0.2) is 36.7 Å². The molecule has 4 nitrogen and oxygen atoms in total. The van der Waals surface area contributed by atoms with Gasteiger partial charge < -0.3 is 4.57 Å². The number of halogens is 2. The van der Waals surface area contributed by atoms with E-state index in [1.807, 2.05) is 35.1 Å². The summed E-state index contributed by atoms with van der Waals surface area (Å²) < 4.78 is 4.14. The number of rotatable bonds is 5. The Kier molecular flexibility index (Phi) is 4.17. The summed E-state index contributed by atoms with van der Waals surface area (Å²) in [6.07, 6.45) is 4.48. The second kappa shape index (κ2) is 6.08. The average molecular weight is 323 g/mol. The number of fused-ring (bicyclic) bond motifs is 1. The zero-order chi connectivity index (χ0) is 14.8. The van der Waals surface area contributed by atoms with Crippen molar-refractivity contribution in [2.45, 2.75) is 25.9 Å². The Labute approximate surface area is 133 Å². The van der Waals surface area contributed by atoms with Crippen molar-refractivity contribution in [2.75, 3.05) is 5.88 Å². The van der Waals surface area contributed by atoms with Gasteiger partial charge in [-0.25, -0.2) is 4.98 Å². The van der Waals surface area contributed by atoms with Crippen LogP contribution in [-0.2, 0) is 13.0 Å². The van der Waals surface area contributed by atoms with Gasteiger partial charge in [0.1, 0.15) is 5.82 Å². The Morgan fingerprint density at radius 1 is 1.33 bits per heavy atom. The molecule has 0 saturated carbocycles. The van der Waals surface area contributed by atoms with Crippen LogP contribution in [-0.4, -0.2) is 25.2 Å². The molecule has 2 heterocycles. The maximum Gasteiger partial charge on any atom is 0.111 e. The molecule has 21 heavy (non-hydrogen) atoms. The smallest absolute Gasteiger partial charge is 0.111 e. The summed E-state index contributed by atoms with van der Waals surface area (Å²) in [5, 5.41) is 4.99. The summed E-state index contributed by atoms with van der Waals surface area (Å²) >= 11 is 12.1. The van der Waals surface area contributed by atoms with Crippen molar-refractivity contribution in [1.29, 1.82) is 0 Å². The summed E-state index contributed by atoms with van der Waals surface area (Å²) in [6.45, 7) is 2.93. The molecule has 110 valence electrons. The highest BCUT2D eigenvalue weighted by molar-refractivity contribution is 6.31. The summed E-state index contributed by atoms with van der Waals surface area (Å²) in [6, 6.07) is 7.92. The lowest BCUT2D eigenvalue weighted by Crippen LogP contribution is -2.16. The highest BCUT2D eigenvalue weighted by Gasteiger charge is 2.16. The van der Waals surface area contributed by atoms with Gasteiger partial charge >= 0.3 is 0 Å². The molecule has 3 aromatic rings. The first-order valence-corrected chi connectivity index (χ1v) is 7.80. The van der Waals surface area contributed by atoms with E-state index < -0.39 is 0 Å². The van der Waals surface area contributed by atoms with Gasteiger partial charge in [-0.05, 0) is 31.2 Å². The van der Waals surface area contributed by atoms with Gasteiger partial charge in [-0.15, -0.1) is 11.6 Å². The normalized spacial score (nSPS) is 12.9. The van der Waals surface area contributed by atoms with Crippen molar-refractivity contribution in [1.82, 2.24) is 19.3 Å². The standard InChI is InChI=1S/C15H16Cl2N4/c1-11(10-20-8-2-7-18-20)21-14-9-12(17)3-4-13(14)19-15(21)5-6-16/h2-4,7-9,11H,5-6,10H2,1H3. The quantitative estimate of drug-likeness (QED) is 0.667. The monoisotopic (exact) mass is 322 g/mol. The van der Waals surface area contributed by atoms with E-state index in [0.717, 1.165) is 29.8 Å². The minimum atomic E-state index is 0.214. The van der Waals surface area contributed by atoms with Crippen molar-refractivity contribution >= 4 is 34.2 Å². The molecule has 0 amide bonds. The molecule has 0 bridgehead atoms. The first-order valence-electron chi connectivity index (χ1n) is 6.89. The molecular formula is C15H16Cl2N4. The van der Waals surface area contributed by atoms with Crippen LogP contribution in [0.5, 0.6) is 0 Å². The second-order valence-electron chi connectivity index (χ2n) is 5.05. The van der Waals surface area contributed by atoms with Crippen molar-refractivity contribution in [3.8, 4) is 0 Å². The van der Waals surface area contributed by atoms with Crippen LogP contribution in [0.2, 0.25) is 5.02 Å². The van der Waals surface area contributed by atoms with E-state index in [-0.39, 0.29) is 6.04 Å². The minimum absolute atomic E-state index is 0.214. The van der Waals surface area contributed by atoms with E-state index in [2.05, 4.69) is 21.6 Å². The minimum Gasteiger partial charge on any atom is -0.323 e. The third-order valence-electron chi connectivity index (χ3n) is 3.49. The molecule has 6 heteroatoms. The zero-order valence-corrected chi connectivity index (χ0v) is 13.2. The molecular weight excluding hydrogens is 307 g/mol. The van der Waals surface area contributed by atoms with E-state index in [9.17, 15) is 0 Å². The van der Waals surface area contributed by atoms with E-state index in [4.69, 9.17) is 23.2 Å². The van der Waals surface area contributed by atoms with Crippen LogP contribution in [0.1, 0.15) is 18.8 Å². The van der Waals surface area contributed by atoms with Crippen LogP contribution in [0, 0.1) is 0 Å². The van der Waals surface area contributed by atoms with E-state index in [1.54, 1.807) is 6.20 Å². The number of aromatic nitrogens is 4. The van der Waals surface area contributed by atoms with E-state index in [0.29, 0.717) is 10.9 Å². The Morgan fingerprint density at radius 2 is 2.19 bits per heavy atom. The fourth-order valence-electron chi connectivity index (χ4n) is 2.63. The number of nitrogens with zero attached hydrogens (tertiary/aromatic N) is 4. The van der Waals surface area contributed by atoms with Crippen LogP contribution >= 0.6 is 23.2 Å². The molecule has 0 aliphatic rings. The van der Waals surface area contributed by atoms with Gasteiger partial charge in [0.25, 0.3) is 0 Å². The number of alkyl halides is 1. The Bertz CT molecular complexity index is 734. The molecule has 1 atom stereocenters. The fraction of sp³-hybridized carbons (Fsp3) is 0.333. The van der Waals surface area contributed by atoms with Gasteiger partial charge in [0.2, 0.25) is 0 Å². The highest BCUT2D eigenvalue weighted by Crippen LogP contribution is 2.25. The number of aryl methyl sites for hydroxylation is 1.